The lowest BCUT2D eigenvalue weighted by molar-refractivity contribution is -0.137. The Hall–Kier alpha value is -1.72. The van der Waals surface area contributed by atoms with E-state index in [9.17, 15) is 18.0 Å². The highest BCUT2D eigenvalue weighted by Gasteiger charge is 2.32. The number of carbonyl (C=O) groups is 1. The Morgan fingerprint density at radius 3 is 2.47 bits per heavy atom. The van der Waals surface area contributed by atoms with E-state index in [0.717, 1.165) is 31.0 Å². The molecular formula is C11H10F3NO2. The standard InChI is InChI=1S/C11H10F3NO2/c12-11(13,14)6-1-4-8(10(16)17)9(5-6)15-7-2-3-7/h1,4-5,7,15H,2-3H2,(H,16,17). The van der Waals surface area contributed by atoms with Gasteiger partial charge < -0.3 is 10.4 Å². The van der Waals surface area contributed by atoms with Crippen LogP contribution in [0.25, 0.3) is 0 Å². The number of nitrogens with one attached hydrogen (secondary N) is 1. The molecule has 1 aliphatic rings. The molecule has 0 spiro atoms. The molecule has 1 aliphatic carbocycles. The lowest BCUT2D eigenvalue weighted by atomic mass is 10.1. The molecule has 0 aromatic heterocycles. The number of benzene rings is 1. The molecule has 0 bridgehead atoms. The minimum Gasteiger partial charge on any atom is -0.478 e. The Morgan fingerprint density at radius 1 is 1.35 bits per heavy atom. The first kappa shape index (κ1) is 11.8. The van der Waals surface area contributed by atoms with Crippen molar-refractivity contribution in [1.29, 1.82) is 0 Å². The van der Waals surface area contributed by atoms with E-state index in [1.54, 1.807) is 0 Å². The van der Waals surface area contributed by atoms with Gasteiger partial charge >= 0.3 is 12.1 Å². The van der Waals surface area contributed by atoms with Crippen molar-refractivity contribution in [2.45, 2.75) is 25.1 Å². The van der Waals surface area contributed by atoms with Crippen molar-refractivity contribution in [3.63, 3.8) is 0 Å². The summed E-state index contributed by atoms with van der Waals surface area (Å²) in [5.41, 5.74) is -0.939. The van der Waals surface area contributed by atoms with Gasteiger partial charge in [0.05, 0.1) is 11.1 Å². The van der Waals surface area contributed by atoms with Crippen LogP contribution in [0, 0.1) is 0 Å². The normalized spacial score (nSPS) is 15.7. The number of rotatable bonds is 3. The Labute approximate surface area is 95.3 Å². The average Bonchev–Trinajstić information content (AvgIpc) is 2.99. The van der Waals surface area contributed by atoms with E-state index in [2.05, 4.69) is 5.32 Å². The molecule has 1 fully saturated rings. The van der Waals surface area contributed by atoms with E-state index < -0.39 is 17.7 Å². The average molecular weight is 245 g/mol. The van der Waals surface area contributed by atoms with Gasteiger partial charge in [-0.1, -0.05) is 0 Å². The molecule has 0 atom stereocenters. The summed E-state index contributed by atoms with van der Waals surface area (Å²) in [7, 11) is 0. The van der Waals surface area contributed by atoms with E-state index in [1.807, 2.05) is 0 Å². The number of hydrogen-bond acceptors (Lipinski definition) is 2. The van der Waals surface area contributed by atoms with E-state index in [1.165, 1.54) is 0 Å². The van der Waals surface area contributed by atoms with Crippen molar-refractivity contribution in [1.82, 2.24) is 0 Å². The minimum absolute atomic E-state index is 0.0369. The van der Waals surface area contributed by atoms with Gasteiger partial charge in [0.2, 0.25) is 0 Å². The summed E-state index contributed by atoms with van der Waals surface area (Å²) >= 11 is 0. The van der Waals surface area contributed by atoms with Gasteiger partial charge in [0, 0.05) is 11.7 Å². The first-order valence-electron chi connectivity index (χ1n) is 5.09. The summed E-state index contributed by atoms with van der Waals surface area (Å²) in [5.74, 6) is -1.23. The molecule has 6 heteroatoms. The molecule has 1 saturated carbocycles. The fraction of sp³-hybridized carbons (Fsp3) is 0.364. The molecule has 17 heavy (non-hydrogen) atoms. The zero-order valence-corrected chi connectivity index (χ0v) is 8.71. The largest absolute Gasteiger partial charge is 0.478 e. The maximum Gasteiger partial charge on any atom is 0.416 e. The van der Waals surface area contributed by atoms with Crippen molar-refractivity contribution in [3.05, 3.63) is 29.3 Å². The van der Waals surface area contributed by atoms with Gasteiger partial charge in [0.15, 0.2) is 0 Å². The smallest absolute Gasteiger partial charge is 0.416 e. The maximum absolute atomic E-state index is 12.5. The SMILES string of the molecule is O=C(O)c1ccc(C(F)(F)F)cc1NC1CC1. The van der Waals surface area contributed by atoms with Crippen LogP contribution in [0.4, 0.5) is 18.9 Å². The first-order valence-corrected chi connectivity index (χ1v) is 5.09. The zero-order valence-electron chi connectivity index (χ0n) is 8.71. The molecule has 1 aromatic rings. The summed E-state index contributed by atoms with van der Waals surface area (Å²) < 4.78 is 37.4. The second kappa shape index (κ2) is 3.94. The molecule has 0 saturated heterocycles. The monoisotopic (exact) mass is 245 g/mol. The summed E-state index contributed by atoms with van der Waals surface area (Å²) in [6.07, 6.45) is -2.75. The van der Waals surface area contributed by atoms with E-state index in [0.29, 0.717) is 0 Å². The number of anilines is 1. The third-order valence-corrected chi connectivity index (χ3v) is 2.51. The Balaban J connectivity index is 2.38. The zero-order chi connectivity index (χ0) is 12.6. The molecule has 3 nitrogen and oxygen atoms in total. The van der Waals surface area contributed by atoms with Crippen molar-refractivity contribution >= 4 is 11.7 Å². The van der Waals surface area contributed by atoms with Gasteiger partial charge in [-0.05, 0) is 31.0 Å². The van der Waals surface area contributed by atoms with Crippen LogP contribution in [-0.4, -0.2) is 17.1 Å². The van der Waals surface area contributed by atoms with Crippen LogP contribution < -0.4 is 5.32 Å². The van der Waals surface area contributed by atoms with Crippen LogP contribution in [0.2, 0.25) is 0 Å². The lowest BCUT2D eigenvalue weighted by Gasteiger charge is -2.12. The number of halogens is 3. The van der Waals surface area contributed by atoms with Crippen molar-refractivity contribution < 1.29 is 23.1 Å². The van der Waals surface area contributed by atoms with E-state index in [-0.39, 0.29) is 17.3 Å². The molecule has 0 aliphatic heterocycles. The third-order valence-electron chi connectivity index (χ3n) is 2.51. The van der Waals surface area contributed by atoms with Crippen molar-refractivity contribution in [2.75, 3.05) is 5.32 Å². The number of carboxylic acids is 1. The van der Waals surface area contributed by atoms with Crippen LogP contribution in [0.1, 0.15) is 28.8 Å². The fourth-order valence-electron chi connectivity index (χ4n) is 1.47. The predicted molar refractivity (Wildman–Crippen MR) is 55.0 cm³/mol. The van der Waals surface area contributed by atoms with Crippen LogP contribution in [0.5, 0.6) is 0 Å². The fourth-order valence-corrected chi connectivity index (χ4v) is 1.47. The Kier molecular flexibility index (Phi) is 2.73. The van der Waals surface area contributed by atoms with Crippen LogP contribution >= 0.6 is 0 Å². The molecule has 0 heterocycles. The number of hydrogen-bond donors (Lipinski definition) is 2. The molecule has 0 unspecified atom stereocenters. The molecule has 0 amide bonds. The summed E-state index contributed by atoms with van der Waals surface area (Å²) in [6.45, 7) is 0. The van der Waals surface area contributed by atoms with Gasteiger partial charge in [0.1, 0.15) is 0 Å². The minimum atomic E-state index is -4.46. The van der Waals surface area contributed by atoms with E-state index >= 15 is 0 Å². The van der Waals surface area contributed by atoms with Gasteiger partial charge in [-0.15, -0.1) is 0 Å². The van der Waals surface area contributed by atoms with Crippen molar-refractivity contribution in [3.8, 4) is 0 Å². The van der Waals surface area contributed by atoms with Gasteiger partial charge in [-0.3, -0.25) is 0 Å². The third kappa shape index (κ3) is 2.69. The molecule has 92 valence electrons. The quantitative estimate of drug-likeness (QED) is 0.860. The van der Waals surface area contributed by atoms with Gasteiger partial charge in [0.25, 0.3) is 0 Å². The lowest BCUT2D eigenvalue weighted by Crippen LogP contribution is -2.11. The van der Waals surface area contributed by atoms with Crippen LogP contribution in [0.3, 0.4) is 0 Å². The predicted octanol–water partition coefficient (Wildman–Crippen LogP) is 2.98. The summed E-state index contributed by atoms with van der Waals surface area (Å²) in [5, 5.41) is 11.7. The van der Waals surface area contributed by atoms with Crippen LogP contribution in [-0.2, 0) is 6.18 Å². The molecule has 2 N–H and O–H groups in total. The van der Waals surface area contributed by atoms with Crippen molar-refractivity contribution in [2.24, 2.45) is 0 Å². The molecular weight excluding hydrogens is 235 g/mol. The second-order valence-electron chi connectivity index (χ2n) is 3.98. The van der Waals surface area contributed by atoms with Crippen LogP contribution in [0.15, 0.2) is 18.2 Å². The Morgan fingerprint density at radius 2 is 2.00 bits per heavy atom. The number of alkyl halides is 3. The number of aromatic carboxylic acids is 1. The van der Waals surface area contributed by atoms with E-state index in [4.69, 9.17) is 5.11 Å². The van der Waals surface area contributed by atoms with Gasteiger partial charge in [-0.25, -0.2) is 4.79 Å². The highest BCUT2D eigenvalue weighted by atomic mass is 19.4. The summed E-state index contributed by atoms with van der Waals surface area (Å²) in [6, 6.07) is 2.70. The maximum atomic E-state index is 12.5. The molecule has 1 aromatic carbocycles. The number of carboxylic acid groups (broad SMARTS) is 1. The molecule has 0 radical (unpaired) electrons. The highest BCUT2D eigenvalue weighted by Crippen LogP contribution is 2.34. The Bertz CT molecular complexity index is 453. The molecule has 2 rings (SSSR count). The topological polar surface area (TPSA) is 49.3 Å². The van der Waals surface area contributed by atoms with Gasteiger partial charge in [-0.2, -0.15) is 13.2 Å². The highest BCUT2D eigenvalue weighted by molar-refractivity contribution is 5.94. The first-order chi connectivity index (χ1) is 7.88. The summed E-state index contributed by atoms with van der Waals surface area (Å²) in [4.78, 5) is 10.9. The second-order valence-corrected chi connectivity index (χ2v) is 3.98.